The van der Waals surface area contributed by atoms with E-state index in [1.165, 1.54) is 6.42 Å². The van der Waals surface area contributed by atoms with E-state index in [9.17, 15) is 0 Å². The van der Waals surface area contributed by atoms with E-state index >= 15 is 0 Å². The Hall–Kier alpha value is -2.93. The van der Waals surface area contributed by atoms with Crippen LogP contribution in [0.1, 0.15) is 12.2 Å². The Morgan fingerprint density at radius 1 is 1.28 bits per heavy atom. The van der Waals surface area contributed by atoms with Crippen LogP contribution in [0, 0.1) is 5.92 Å². The zero-order chi connectivity index (χ0) is 16.8. The summed E-state index contributed by atoms with van der Waals surface area (Å²) in [6, 6.07) is 7.99. The molecular weight excluding hydrogens is 314 g/mol. The number of nitrogen functional groups attached to an aromatic ring is 1. The van der Waals surface area contributed by atoms with Crippen LogP contribution in [-0.4, -0.2) is 37.8 Å². The van der Waals surface area contributed by atoms with E-state index in [2.05, 4.69) is 26.4 Å². The normalized spacial score (nSPS) is 17.7. The molecule has 126 valence electrons. The lowest BCUT2D eigenvalue weighted by molar-refractivity contribution is 0.566. The Balaban J connectivity index is 1.62. The molecule has 1 atom stereocenters. The van der Waals surface area contributed by atoms with Gasteiger partial charge in [0.1, 0.15) is 11.3 Å². The molecule has 7 heteroatoms. The van der Waals surface area contributed by atoms with E-state index in [0.29, 0.717) is 11.7 Å². The SMILES string of the molecule is Nc1nc2cc(-n3cccn3)ccc2c2[nH]c(CC3CCNC3)nc12. The van der Waals surface area contributed by atoms with Crippen LogP contribution in [0.5, 0.6) is 0 Å². The first-order chi connectivity index (χ1) is 12.3. The molecule has 0 bridgehead atoms. The van der Waals surface area contributed by atoms with Crippen LogP contribution in [0.15, 0.2) is 36.7 Å². The average molecular weight is 333 g/mol. The van der Waals surface area contributed by atoms with E-state index in [1.807, 2.05) is 29.1 Å². The van der Waals surface area contributed by atoms with Gasteiger partial charge in [-0.3, -0.25) is 0 Å². The van der Waals surface area contributed by atoms with Crippen LogP contribution in [0.25, 0.3) is 27.6 Å². The summed E-state index contributed by atoms with van der Waals surface area (Å²) in [5, 5.41) is 8.70. The van der Waals surface area contributed by atoms with Crippen molar-refractivity contribution in [2.75, 3.05) is 18.8 Å². The second-order valence-electron chi connectivity index (χ2n) is 6.62. The lowest BCUT2D eigenvalue weighted by Crippen LogP contribution is -2.11. The third-order valence-electron chi connectivity index (χ3n) is 4.90. The van der Waals surface area contributed by atoms with Crippen LogP contribution in [-0.2, 0) is 6.42 Å². The average Bonchev–Trinajstić information content (AvgIpc) is 3.36. The molecule has 0 radical (unpaired) electrons. The molecule has 3 aromatic heterocycles. The van der Waals surface area contributed by atoms with Gasteiger partial charge in [0.15, 0.2) is 5.82 Å². The third-order valence-corrected chi connectivity index (χ3v) is 4.90. The number of hydrogen-bond acceptors (Lipinski definition) is 5. The van der Waals surface area contributed by atoms with E-state index in [4.69, 9.17) is 10.7 Å². The minimum Gasteiger partial charge on any atom is -0.382 e. The highest BCUT2D eigenvalue weighted by Crippen LogP contribution is 2.28. The predicted molar refractivity (Wildman–Crippen MR) is 97.6 cm³/mol. The maximum absolute atomic E-state index is 6.18. The number of anilines is 1. The molecule has 0 aliphatic carbocycles. The molecule has 0 spiro atoms. The van der Waals surface area contributed by atoms with Crippen molar-refractivity contribution in [3.8, 4) is 5.69 Å². The Labute approximate surface area is 144 Å². The Bertz CT molecular complexity index is 1040. The molecule has 0 amide bonds. The summed E-state index contributed by atoms with van der Waals surface area (Å²) in [6.45, 7) is 2.15. The maximum atomic E-state index is 6.18. The second-order valence-corrected chi connectivity index (χ2v) is 6.62. The van der Waals surface area contributed by atoms with Crippen molar-refractivity contribution < 1.29 is 0 Å². The molecule has 1 fully saturated rings. The van der Waals surface area contributed by atoms with Crippen molar-refractivity contribution in [2.45, 2.75) is 12.8 Å². The monoisotopic (exact) mass is 333 g/mol. The Morgan fingerprint density at radius 2 is 2.24 bits per heavy atom. The molecule has 4 heterocycles. The zero-order valence-corrected chi connectivity index (χ0v) is 13.7. The van der Waals surface area contributed by atoms with Crippen molar-refractivity contribution in [1.82, 2.24) is 30.0 Å². The molecule has 5 rings (SSSR count). The molecule has 1 aromatic carbocycles. The lowest BCUT2D eigenvalue weighted by atomic mass is 10.1. The number of imidazole rings is 1. The van der Waals surface area contributed by atoms with Crippen LogP contribution in [0.2, 0.25) is 0 Å². The number of nitrogens with two attached hydrogens (primary N) is 1. The summed E-state index contributed by atoms with van der Waals surface area (Å²) in [7, 11) is 0. The van der Waals surface area contributed by atoms with Crippen molar-refractivity contribution in [2.24, 2.45) is 5.92 Å². The van der Waals surface area contributed by atoms with Crippen molar-refractivity contribution in [3.05, 3.63) is 42.5 Å². The minimum absolute atomic E-state index is 0.465. The number of rotatable bonds is 3. The number of pyridine rings is 1. The summed E-state index contributed by atoms with van der Waals surface area (Å²) in [5.74, 6) is 2.08. The van der Waals surface area contributed by atoms with Crippen LogP contribution in [0.4, 0.5) is 5.82 Å². The smallest absolute Gasteiger partial charge is 0.152 e. The first-order valence-electron chi connectivity index (χ1n) is 8.56. The number of fused-ring (bicyclic) bond motifs is 3. The molecule has 4 N–H and O–H groups in total. The molecular formula is C18H19N7. The van der Waals surface area contributed by atoms with Gasteiger partial charge in [0.2, 0.25) is 0 Å². The number of H-pyrrole nitrogens is 1. The first-order valence-corrected chi connectivity index (χ1v) is 8.56. The van der Waals surface area contributed by atoms with Gasteiger partial charge in [-0.1, -0.05) is 0 Å². The van der Waals surface area contributed by atoms with E-state index in [-0.39, 0.29) is 0 Å². The predicted octanol–water partition coefficient (Wildman–Crippen LogP) is 2.03. The highest BCUT2D eigenvalue weighted by atomic mass is 15.3. The fourth-order valence-corrected chi connectivity index (χ4v) is 3.63. The Morgan fingerprint density at radius 3 is 3.04 bits per heavy atom. The highest BCUT2D eigenvalue weighted by molar-refractivity contribution is 6.06. The van der Waals surface area contributed by atoms with Gasteiger partial charge in [-0.05, 0) is 49.7 Å². The summed E-state index contributed by atoms with van der Waals surface area (Å²) < 4.78 is 1.81. The van der Waals surface area contributed by atoms with Gasteiger partial charge in [0, 0.05) is 24.2 Å². The van der Waals surface area contributed by atoms with Crippen molar-refractivity contribution >= 4 is 27.8 Å². The molecule has 1 saturated heterocycles. The van der Waals surface area contributed by atoms with E-state index in [1.54, 1.807) is 6.20 Å². The molecule has 1 aliphatic rings. The number of aromatic amines is 1. The summed E-state index contributed by atoms with van der Waals surface area (Å²) in [6.07, 6.45) is 5.80. The summed E-state index contributed by atoms with van der Waals surface area (Å²) in [4.78, 5) is 12.8. The molecule has 25 heavy (non-hydrogen) atoms. The number of benzene rings is 1. The minimum atomic E-state index is 0.465. The van der Waals surface area contributed by atoms with Gasteiger partial charge in [0.25, 0.3) is 0 Å². The van der Waals surface area contributed by atoms with Gasteiger partial charge in [0.05, 0.1) is 16.7 Å². The van der Waals surface area contributed by atoms with Gasteiger partial charge in [-0.25, -0.2) is 14.6 Å². The number of hydrogen-bond donors (Lipinski definition) is 3. The molecule has 4 aromatic rings. The number of nitrogens with one attached hydrogen (secondary N) is 2. The maximum Gasteiger partial charge on any atom is 0.152 e. The van der Waals surface area contributed by atoms with Crippen LogP contribution < -0.4 is 11.1 Å². The van der Waals surface area contributed by atoms with Gasteiger partial charge in [-0.15, -0.1) is 0 Å². The fourth-order valence-electron chi connectivity index (χ4n) is 3.63. The quantitative estimate of drug-likeness (QED) is 0.533. The number of aromatic nitrogens is 5. The first kappa shape index (κ1) is 14.4. The van der Waals surface area contributed by atoms with Crippen LogP contribution in [0.3, 0.4) is 0 Å². The topological polar surface area (TPSA) is 97.4 Å². The molecule has 1 aliphatic heterocycles. The van der Waals surface area contributed by atoms with Gasteiger partial charge >= 0.3 is 0 Å². The summed E-state index contributed by atoms with van der Waals surface area (Å²) in [5.41, 5.74) is 9.72. The third kappa shape index (κ3) is 2.44. The lowest BCUT2D eigenvalue weighted by Gasteiger charge is -2.05. The zero-order valence-electron chi connectivity index (χ0n) is 13.7. The van der Waals surface area contributed by atoms with Crippen molar-refractivity contribution in [3.63, 3.8) is 0 Å². The standard InChI is InChI=1S/C18H19N7/c19-18-17-16(23-15(24-17)8-11-4-6-20-10-11)13-3-2-12(9-14(13)22-18)25-7-1-5-21-25/h1-3,5,7,9,11,20H,4,6,8,10H2,(H2,19,22)(H,23,24). The Kier molecular flexibility index (Phi) is 3.21. The van der Waals surface area contributed by atoms with Gasteiger partial charge in [-0.2, -0.15) is 5.10 Å². The molecule has 7 nitrogen and oxygen atoms in total. The number of nitrogens with zero attached hydrogens (tertiary/aromatic N) is 4. The second kappa shape index (κ2) is 5.56. The van der Waals surface area contributed by atoms with Crippen LogP contribution >= 0.6 is 0 Å². The van der Waals surface area contributed by atoms with E-state index in [0.717, 1.165) is 53.0 Å². The fraction of sp³-hybridized carbons (Fsp3) is 0.278. The van der Waals surface area contributed by atoms with Gasteiger partial charge < -0.3 is 16.0 Å². The molecule has 0 saturated carbocycles. The summed E-state index contributed by atoms with van der Waals surface area (Å²) >= 11 is 0. The van der Waals surface area contributed by atoms with E-state index < -0.39 is 0 Å². The molecule has 1 unspecified atom stereocenters. The van der Waals surface area contributed by atoms with Crippen molar-refractivity contribution in [1.29, 1.82) is 0 Å². The highest BCUT2D eigenvalue weighted by Gasteiger charge is 2.18. The largest absolute Gasteiger partial charge is 0.382 e.